The van der Waals surface area contributed by atoms with Gasteiger partial charge < -0.3 is 10.0 Å². The number of hydrogen-bond donors (Lipinski definition) is 1. The van der Waals surface area contributed by atoms with Crippen LogP contribution in [-0.4, -0.2) is 44.0 Å². The molecule has 2 unspecified atom stereocenters. The summed E-state index contributed by atoms with van der Waals surface area (Å²) < 4.78 is 0. The summed E-state index contributed by atoms with van der Waals surface area (Å²) >= 11 is 1.54. The van der Waals surface area contributed by atoms with Crippen LogP contribution in [0.2, 0.25) is 0 Å². The lowest BCUT2D eigenvalue weighted by molar-refractivity contribution is -0.141. The lowest BCUT2D eigenvalue weighted by Crippen LogP contribution is -2.45. The van der Waals surface area contributed by atoms with E-state index in [1.807, 2.05) is 6.92 Å². The van der Waals surface area contributed by atoms with Crippen LogP contribution in [0, 0.1) is 6.92 Å². The maximum Gasteiger partial charge on any atom is 0.327 e. The van der Waals surface area contributed by atoms with Gasteiger partial charge in [0, 0.05) is 17.6 Å². The van der Waals surface area contributed by atoms with Gasteiger partial charge in [-0.3, -0.25) is 9.78 Å². The second-order valence-corrected chi connectivity index (χ2v) is 5.99. The lowest BCUT2D eigenvalue weighted by atomic mass is 10.1. The summed E-state index contributed by atoms with van der Waals surface area (Å²) in [6.07, 6.45) is 3.35. The van der Waals surface area contributed by atoms with Crippen molar-refractivity contribution in [1.82, 2.24) is 9.88 Å². The molecular weight excluding hydrogens is 276 g/mol. The van der Waals surface area contributed by atoms with Crippen molar-refractivity contribution in [3.63, 3.8) is 0 Å². The number of rotatable bonds is 4. The van der Waals surface area contributed by atoms with Gasteiger partial charge in [-0.1, -0.05) is 13.3 Å². The van der Waals surface area contributed by atoms with Gasteiger partial charge in [-0.2, -0.15) is 0 Å². The zero-order chi connectivity index (χ0) is 14.7. The molecule has 0 saturated carbocycles. The van der Waals surface area contributed by atoms with Gasteiger partial charge in [-0.05, 0) is 25.5 Å². The molecule has 0 bridgehead atoms. The highest BCUT2D eigenvalue weighted by atomic mass is 32.2. The number of carbonyl (C=O) groups is 2. The van der Waals surface area contributed by atoms with Crippen molar-refractivity contribution < 1.29 is 14.7 Å². The monoisotopic (exact) mass is 294 g/mol. The lowest BCUT2D eigenvalue weighted by Gasteiger charge is -2.27. The first-order valence-corrected chi connectivity index (χ1v) is 7.69. The van der Waals surface area contributed by atoms with Crippen molar-refractivity contribution in [2.24, 2.45) is 0 Å². The number of thioether (sulfide) groups is 1. The van der Waals surface area contributed by atoms with Crippen LogP contribution in [0.25, 0.3) is 0 Å². The van der Waals surface area contributed by atoms with Crippen molar-refractivity contribution >= 4 is 23.6 Å². The molecule has 1 aliphatic rings. The summed E-state index contributed by atoms with van der Waals surface area (Å²) in [4.78, 5) is 29.7. The maximum atomic E-state index is 12.7. The maximum absolute atomic E-state index is 12.7. The van der Waals surface area contributed by atoms with Gasteiger partial charge in [0.15, 0.2) is 0 Å². The molecule has 2 heterocycles. The van der Waals surface area contributed by atoms with Gasteiger partial charge in [0.25, 0.3) is 5.91 Å². The summed E-state index contributed by atoms with van der Waals surface area (Å²) in [6, 6.07) is 2.66. The molecule has 108 valence electrons. The molecule has 0 aromatic carbocycles. The quantitative estimate of drug-likeness (QED) is 0.921. The van der Waals surface area contributed by atoms with E-state index in [0.717, 1.165) is 12.8 Å². The number of carbonyl (C=O) groups excluding carboxylic acids is 1. The highest BCUT2D eigenvalue weighted by Crippen LogP contribution is 2.33. The molecule has 1 N–H and O–H groups in total. The smallest absolute Gasteiger partial charge is 0.327 e. The minimum absolute atomic E-state index is 0.0618. The van der Waals surface area contributed by atoms with Gasteiger partial charge in [-0.25, -0.2) is 4.79 Å². The molecule has 1 aromatic rings. The Labute approximate surface area is 122 Å². The van der Waals surface area contributed by atoms with E-state index in [2.05, 4.69) is 4.98 Å². The summed E-state index contributed by atoms with van der Waals surface area (Å²) in [5.41, 5.74) is 1.12. The van der Waals surface area contributed by atoms with E-state index in [1.54, 1.807) is 37.0 Å². The first kappa shape index (κ1) is 14.8. The molecule has 1 amide bonds. The number of amides is 1. The van der Waals surface area contributed by atoms with Crippen LogP contribution in [0.3, 0.4) is 0 Å². The van der Waals surface area contributed by atoms with E-state index < -0.39 is 12.0 Å². The molecule has 0 spiro atoms. The summed E-state index contributed by atoms with van der Waals surface area (Å²) in [5.74, 6) is -0.720. The standard InChI is InChI=1S/C14H18N2O3S/c1-3-5-12-16(11(8-20-12)14(18)19)13(17)10-6-4-7-15-9(10)2/h4,6-7,11-12H,3,5,8H2,1-2H3,(H,18,19). The molecule has 1 fully saturated rings. The highest BCUT2D eigenvalue weighted by molar-refractivity contribution is 8.00. The van der Waals surface area contributed by atoms with Gasteiger partial charge >= 0.3 is 5.97 Å². The predicted octanol–water partition coefficient (Wildman–Crippen LogP) is 2.16. The molecule has 5 nitrogen and oxygen atoms in total. The topological polar surface area (TPSA) is 70.5 Å². The van der Waals surface area contributed by atoms with Crippen molar-refractivity contribution in [2.75, 3.05) is 5.75 Å². The Morgan fingerprint density at radius 3 is 2.90 bits per heavy atom. The fourth-order valence-electron chi connectivity index (χ4n) is 2.34. The van der Waals surface area contributed by atoms with Crippen LogP contribution in [0.1, 0.15) is 35.8 Å². The third-order valence-electron chi connectivity index (χ3n) is 3.39. The molecule has 1 saturated heterocycles. The third kappa shape index (κ3) is 2.80. The van der Waals surface area contributed by atoms with Crippen LogP contribution in [0.5, 0.6) is 0 Å². The van der Waals surface area contributed by atoms with Gasteiger partial charge in [0.1, 0.15) is 6.04 Å². The van der Waals surface area contributed by atoms with E-state index in [0.29, 0.717) is 17.0 Å². The Hall–Kier alpha value is -1.56. The molecule has 1 aromatic heterocycles. The Balaban J connectivity index is 2.32. The first-order chi connectivity index (χ1) is 9.56. The van der Waals surface area contributed by atoms with Crippen molar-refractivity contribution in [1.29, 1.82) is 0 Å². The summed E-state index contributed by atoms with van der Waals surface area (Å²) in [6.45, 7) is 3.80. The van der Waals surface area contributed by atoms with E-state index >= 15 is 0 Å². The minimum Gasteiger partial charge on any atom is -0.480 e. The summed E-state index contributed by atoms with van der Waals surface area (Å²) in [5, 5.41) is 9.25. The fourth-order valence-corrected chi connectivity index (χ4v) is 3.86. The Kier molecular flexibility index (Phi) is 4.65. The van der Waals surface area contributed by atoms with Gasteiger partial charge in [-0.15, -0.1) is 11.8 Å². The average molecular weight is 294 g/mol. The molecule has 1 aliphatic heterocycles. The Morgan fingerprint density at radius 2 is 2.30 bits per heavy atom. The largest absolute Gasteiger partial charge is 0.480 e. The second-order valence-electron chi connectivity index (χ2n) is 4.78. The number of nitrogens with zero attached hydrogens (tertiary/aromatic N) is 2. The number of carboxylic acid groups (broad SMARTS) is 1. The number of aryl methyl sites for hydroxylation is 1. The number of hydrogen-bond acceptors (Lipinski definition) is 4. The van der Waals surface area contributed by atoms with Gasteiger partial charge in [0.2, 0.25) is 0 Å². The average Bonchev–Trinajstić information content (AvgIpc) is 2.83. The van der Waals surface area contributed by atoms with E-state index in [-0.39, 0.29) is 11.3 Å². The minimum atomic E-state index is -0.939. The van der Waals surface area contributed by atoms with Crippen LogP contribution in [0.4, 0.5) is 0 Å². The summed E-state index contributed by atoms with van der Waals surface area (Å²) in [7, 11) is 0. The number of carboxylic acids is 1. The zero-order valence-electron chi connectivity index (χ0n) is 11.6. The molecule has 0 radical (unpaired) electrons. The van der Waals surface area contributed by atoms with Crippen LogP contribution in [-0.2, 0) is 4.79 Å². The molecule has 0 aliphatic carbocycles. The Morgan fingerprint density at radius 1 is 1.55 bits per heavy atom. The number of aliphatic carboxylic acids is 1. The van der Waals surface area contributed by atoms with Crippen molar-refractivity contribution in [2.45, 2.75) is 38.1 Å². The first-order valence-electron chi connectivity index (χ1n) is 6.65. The highest BCUT2D eigenvalue weighted by Gasteiger charge is 2.41. The number of pyridine rings is 1. The zero-order valence-corrected chi connectivity index (χ0v) is 12.4. The van der Waals surface area contributed by atoms with E-state index in [9.17, 15) is 14.7 Å². The third-order valence-corrected chi connectivity index (χ3v) is 4.74. The second kappa shape index (κ2) is 6.26. The predicted molar refractivity (Wildman–Crippen MR) is 77.7 cm³/mol. The molecule has 6 heteroatoms. The van der Waals surface area contributed by atoms with Crippen LogP contribution >= 0.6 is 11.8 Å². The van der Waals surface area contributed by atoms with E-state index in [4.69, 9.17) is 0 Å². The van der Waals surface area contributed by atoms with Crippen molar-refractivity contribution in [3.8, 4) is 0 Å². The van der Waals surface area contributed by atoms with Crippen LogP contribution < -0.4 is 0 Å². The molecule has 2 rings (SSSR count). The molecule has 20 heavy (non-hydrogen) atoms. The van der Waals surface area contributed by atoms with Gasteiger partial charge in [0.05, 0.1) is 10.9 Å². The van der Waals surface area contributed by atoms with E-state index in [1.165, 1.54) is 4.90 Å². The number of aromatic nitrogens is 1. The normalized spacial score (nSPS) is 22.0. The molecule has 2 atom stereocenters. The van der Waals surface area contributed by atoms with Crippen molar-refractivity contribution in [3.05, 3.63) is 29.6 Å². The fraction of sp³-hybridized carbons (Fsp3) is 0.500. The SMILES string of the molecule is CCCC1SCC(C(=O)O)N1C(=O)c1cccnc1C. The van der Waals surface area contributed by atoms with Crippen LogP contribution in [0.15, 0.2) is 18.3 Å². The Bertz CT molecular complexity index is 521. The molecular formula is C14H18N2O3S.